The van der Waals surface area contributed by atoms with Gasteiger partial charge < -0.3 is 15.0 Å². The van der Waals surface area contributed by atoms with Crippen LogP contribution in [0.3, 0.4) is 0 Å². The molecule has 1 atom stereocenters. The summed E-state index contributed by atoms with van der Waals surface area (Å²) in [6.07, 6.45) is 2.32. The Morgan fingerprint density at radius 1 is 1.20 bits per heavy atom. The molecule has 5 heteroatoms. The predicted octanol–water partition coefficient (Wildman–Crippen LogP) is 1.98. The van der Waals surface area contributed by atoms with E-state index < -0.39 is 0 Å². The van der Waals surface area contributed by atoms with E-state index in [1.165, 1.54) is 24.1 Å². The third kappa shape index (κ3) is 4.95. The van der Waals surface area contributed by atoms with Gasteiger partial charge in [0.15, 0.2) is 5.96 Å². The fourth-order valence-corrected chi connectivity index (χ4v) is 3.90. The molecule has 2 aliphatic heterocycles. The van der Waals surface area contributed by atoms with Gasteiger partial charge in [-0.15, -0.1) is 0 Å². The predicted molar refractivity (Wildman–Crippen MR) is 103 cm³/mol. The quantitative estimate of drug-likeness (QED) is 0.655. The van der Waals surface area contributed by atoms with Gasteiger partial charge in [-0.25, -0.2) is 0 Å². The first-order valence-electron chi connectivity index (χ1n) is 9.62. The van der Waals surface area contributed by atoms with E-state index in [0.29, 0.717) is 0 Å². The summed E-state index contributed by atoms with van der Waals surface area (Å²) in [7, 11) is 1.89. The third-order valence-corrected chi connectivity index (χ3v) is 5.35. The van der Waals surface area contributed by atoms with Crippen molar-refractivity contribution >= 4 is 5.96 Å². The maximum absolute atomic E-state index is 5.45. The lowest BCUT2D eigenvalue weighted by molar-refractivity contribution is 0.0315. The minimum Gasteiger partial charge on any atom is -0.379 e. The van der Waals surface area contributed by atoms with E-state index in [1.807, 2.05) is 7.05 Å². The van der Waals surface area contributed by atoms with Gasteiger partial charge in [0.05, 0.1) is 13.2 Å². The first-order chi connectivity index (χ1) is 12.3. The minimum atomic E-state index is 0.736. The number of ether oxygens (including phenoxy) is 1. The Labute approximate surface area is 152 Å². The summed E-state index contributed by atoms with van der Waals surface area (Å²) in [6, 6.07) is 8.67. The second kappa shape index (κ2) is 9.20. The molecule has 0 aliphatic carbocycles. The molecule has 2 saturated heterocycles. The molecular weight excluding hydrogens is 312 g/mol. The molecule has 25 heavy (non-hydrogen) atoms. The fraction of sp³-hybridized carbons (Fsp3) is 0.650. The lowest BCUT2D eigenvalue weighted by atomic mass is 10.1. The van der Waals surface area contributed by atoms with Crippen molar-refractivity contribution in [2.75, 3.05) is 53.0 Å². The van der Waals surface area contributed by atoms with Gasteiger partial charge in [-0.05, 0) is 29.9 Å². The Kier molecular flexibility index (Phi) is 6.70. The number of aliphatic imine (C=N–C) groups is 1. The number of morpholine rings is 1. The summed E-state index contributed by atoms with van der Waals surface area (Å²) in [4.78, 5) is 9.48. The van der Waals surface area contributed by atoms with Gasteiger partial charge in [0.1, 0.15) is 0 Å². The van der Waals surface area contributed by atoms with Crippen LogP contribution < -0.4 is 5.32 Å². The third-order valence-electron chi connectivity index (χ3n) is 5.35. The molecule has 2 fully saturated rings. The highest BCUT2D eigenvalue weighted by Crippen LogP contribution is 2.18. The number of aryl methyl sites for hydroxylation is 1. The maximum Gasteiger partial charge on any atom is 0.193 e. The summed E-state index contributed by atoms with van der Waals surface area (Å²) < 4.78 is 5.45. The second-order valence-electron chi connectivity index (χ2n) is 7.04. The zero-order valence-corrected chi connectivity index (χ0v) is 15.7. The fourth-order valence-electron chi connectivity index (χ4n) is 3.90. The van der Waals surface area contributed by atoms with Crippen molar-refractivity contribution < 1.29 is 4.74 Å². The van der Waals surface area contributed by atoms with E-state index >= 15 is 0 Å². The van der Waals surface area contributed by atoms with Crippen molar-refractivity contribution in [1.29, 1.82) is 0 Å². The van der Waals surface area contributed by atoms with Crippen molar-refractivity contribution in [2.24, 2.45) is 10.9 Å². The Bertz CT molecular complexity index is 569. The van der Waals surface area contributed by atoms with E-state index in [1.54, 1.807) is 0 Å². The number of nitrogens with zero attached hydrogens (tertiary/aromatic N) is 3. The lowest BCUT2D eigenvalue weighted by Crippen LogP contribution is -2.42. The van der Waals surface area contributed by atoms with Gasteiger partial charge >= 0.3 is 0 Å². The Hall–Kier alpha value is -1.59. The summed E-state index contributed by atoms with van der Waals surface area (Å²) in [5, 5.41) is 3.57. The summed E-state index contributed by atoms with van der Waals surface area (Å²) in [5.41, 5.74) is 2.78. The first-order valence-corrected chi connectivity index (χ1v) is 9.62. The summed E-state index contributed by atoms with van der Waals surface area (Å²) in [6.45, 7) is 10.4. The zero-order chi connectivity index (χ0) is 17.5. The molecule has 5 nitrogen and oxygen atoms in total. The molecule has 3 rings (SSSR count). The molecule has 138 valence electrons. The molecule has 0 aromatic heterocycles. The topological polar surface area (TPSA) is 40.1 Å². The molecule has 2 heterocycles. The largest absolute Gasteiger partial charge is 0.379 e. The highest BCUT2D eigenvalue weighted by molar-refractivity contribution is 5.80. The van der Waals surface area contributed by atoms with Crippen LogP contribution in [0.4, 0.5) is 0 Å². The number of hydrogen-bond acceptors (Lipinski definition) is 3. The number of rotatable bonds is 5. The molecule has 0 saturated carbocycles. The van der Waals surface area contributed by atoms with Crippen molar-refractivity contribution in [3.63, 3.8) is 0 Å². The van der Waals surface area contributed by atoms with Crippen molar-refractivity contribution in [1.82, 2.24) is 15.1 Å². The van der Waals surface area contributed by atoms with E-state index in [2.05, 4.69) is 51.3 Å². The number of guanidine groups is 1. The van der Waals surface area contributed by atoms with Crippen LogP contribution in [-0.4, -0.2) is 68.7 Å². The van der Waals surface area contributed by atoms with Crippen LogP contribution in [-0.2, 0) is 17.7 Å². The monoisotopic (exact) mass is 344 g/mol. The van der Waals surface area contributed by atoms with Crippen LogP contribution >= 0.6 is 0 Å². The van der Waals surface area contributed by atoms with E-state index in [-0.39, 0.29) is 0 Å². The number of likely N-dealkylation sites (tertiary alicyclic amines) is 1. The van der Waals surface area contributed by atoms with Gasteiger partial charge in [0, 0.05) is 46.3 Å². The van der Waals surface area contributed by atoms with Crippen molar-refractivity contribution in [2.45, 2.75) is 26.3 Å². The zero-order valence-electron chi connectivity index (χ0n) is 15.7. The van der Waals surface area contributed by atoms with E-state index in [9.17, 15) is 0 Å². The van der Waals surface area contributed by atoms with E-state index in [4.69, 9.17) is 4.74 Å². The molecule has 1 aromatic rings. The average Bonchev–Trinajstić information content (AvgIpc) is 3.11. The number of nitrogens with one attached hydrogen (secondary N) is 1. The SMILES string of the molecule is CCc1ccccc1CNC(=NC)N1CCC(CN2CCOCC2)C1. The molecule has 1 N–H and O–H groups in total. The second-order valence-corrected chi connectivity index (χ2v) is 7.04. The van der Waals surface area contributed by atoms with Crippen LogP contribution in [0.5, 0.6) is 0 Å². The van der Waals surface area contributed by atoms with Gasteiger partial charge in [0.25, 0.3) is 0 Å². The average molecular weight is 345 g/mol. The molecule has 2 aliphatic rings. The van der Waals surface area contributed by atoms with Crippen LogP contribution in [0.2, 0.25) is 0 Å². The van der Waals surface area contributed by atoms with Gasteiger partial charge in [-0.3, -0.25) is 9.89 Å². The van der Waals surface area contributed by atoms with Gasteiger partial charge in [-0.2, -0.15) is 0 Å². The number of benzene rings is 1. The number of hydrogen-bond donors (Lipinski definition) is 1. The molecule has 1 aromatic carbocycles. The van der Waals surface area contributed by atoms with Crippen LogP contribution in [0.1, 0.15) is 24.5 Å². The van der Waals surface area contributed by atoms with Crippen molar-refractivity contribution in [3.05, 3.63) is 35.4 Å². The Morgan fingerprint density at radius 2 is 1.96 bits per heavy atom. The summed E-state index contributed by atoms with van der Waals surface area (Å²) >= 11 is 0. The molecule has 0 spiro atoms. The maximum atomic E-state index is 5.45. The normalized spacial score (nSPS) is 22.4. The Morgan fingerprint density at radius 3 is 2.68 bits per heavy atom. The highest BCUT2D eigenvalue weighted by Gasteiger charge is 2.27. The van der Waals surface area contributed by atoms with Crippen LogP contribution in [0.15, 0.2) is 29.3 Å². The van der Waals surface area contributed by atoms with Crippen molar-refractivity contribution in [3.8, 4) is 0 Å². The molecule has 0 bridgehead atoms. The smallest absolute Gasteiger partial charge is 0.193 e. The highest BCUT2D eigenvalue weighted by atomic mass is 16.5. The van der Waals surface area contributed by atoms with Gasteiger partial charge in [-0.1, -0.05) is 31.2 Å². The van der Waals surface area contributed by atoms with Crippen LogP contribution in [0.25, 0.3) is 0 Å². The molecule has 0 amide bonds. The molecular formula is C20H32N4O. The van der Waals surface area contributed by atoms with E-state index in [0.717, 1.165) is 64.2 Å². The molecule has 1 unspecified atom stereocenters. The van der Waals surface area contributed by atoms with Crippen LogP contribution in [0, 0.1) is 5.92 Å². The van der Waals surface area contributed by atoms with Gasteiger partial charge in [0.2, 0.25) is 0 Å². The standard InChI is InChI=1S/C20H32N4O/c1-3-18-6-4-5-7-19(18)14-22-20(21-2)24-9-8-17(16-24)15-23-10-12-25-13-11-23/h4-7,17H,3,8-16H2,1-2H3,(H,21,22). The lowest BCUT2D eigenvalue weighted by Gasteiger charge is -2.29. The summed E-state index contributed by atoms with van der Waals surface area (Å²) in [5.74, 6) is 1.77. The Balaban J connectivity index is 1.50. The molecule has 0 radical (unpaired) electrons. The minimum absolute atomic E-state index is 0.736. The first kappa shape index (κ1) is 18.2.